The molecule has 248 valence electrons. The predicted molar refractivity (Wildman–Crippen MR) is 208 cm³/mol. The van der Waals surface area contributed by atoms with E-state index in [-0.39, 0.29) is 10.8 Å². The van der Waals surface area contributed by atoms with E-state index in [0.717, 1.165) is 0 Å². The molecule has 4 atom stereocenters. The number of fused-ring (bicyclic) bond motifs is 6. The molecule has 0 aromatic heterocycles. The van der Waals surface area contributed by atoms with Crippen LogP contribution in [0.2, 0.25) is 0 Å². The van der Waals surface area contributed by atoms with Crippen LogP contribution in [-0.2, 0) is 10.8 Å². The largest absolute Gasteiger partial charge is 0.0651 e. The molecule has 0 aliphatic heterocycles. The summed E-state index contributed by atoms with van der Waals surface area (Å²) in [6.07, 6.45) is 9.66. The van der Waals surface area contributed by atoms with Crippen molar-refractivity contribution in [2.75, 3.05) is 0 Å². The molecule has 0 nitrogen and oxygen atoms in total. The van der Waals surface area contributed by atoms with Crippen molar-refractivity contribution in [2.24, 2.45) is 23.7 Å². The van der Waals surface area contributed by atoms with Crippen molar-refractivity contribution < 1.29 is 0 Å². The molecule has 0 saturated heterocycles. The van der Waals surface area contributed by atoms with Crippen LogP contribution in [0.3, 0.4) is 0 Å². The van der Waals surface area contributed by atoms with Gasteiger partial charge in [-0.05, 0) is 129 Å². The van der Waals surface area contributed by atoms with Crippen molar-refractivity contribution in [3.05, 3.63) is 106 Å². The van der Waals surface area contributed by atoms with Crippen molar-refractivity contribution in [1.29, 1.82) is 0 Å². The SMILES string of the molecule is CCC(C)CC1(CC(C)CC)c2ccccc2-c2ccc(-c3ccc4c(c3)C(CC(C)CC)(CC(C)CC)c3cc(Br)ccc3-4)cc21. The fourth-order valence-electron chi connectivity index (χ4n) is 9.29. The third-order valence-electron chi connectivity index (χ3n) is 12.5. The molecule has 1 heteroatoms. The Kier molecular flexibility index (Phi) is 9.98. The lowest BCUT2D eigenvalue weighted by molar-refractivity contribution is 0.308. The molecule has 4 aromatic rings. The molecule has 0 heterocycles. The lowest BCUT2D eigenvalue weighted by Crippen LogP contribution is -2.30. The molecular formula is C46H57Br. The van der Waals surface area contributed by atoms with Crippen molar-refractivity contribution in [2.45, 2.75) is 118 Å². The van der Waals surface area contributed by atoms with E-state index < -0.39 is 0 Å². The summed E-state index contributed by atoms with van der Waals surface area (Å²) in [5.41, 5.74) is 14.8. The van der Waals surface area contributed by atoms with Crippen LogP contribution in [0.1, 0.15) is 129 Å². The van der Waals surface area contributed by atoms with Crippen LogP contribution in [0, 0.1) is 23.7 Å². The first kappa shape index (κ1) is 34.2. The molecule has 0 fully saturated rings. The smallest absolute Gasteiger partial charge is 0.0220 e. The Hall–Kier alpha value is -2.64. The molecule has 0 bridgehead atoms. The quantitative estimate of drug-likeness (QED) is 0.131. The Morgan fingerprint density at radius 2 is 0.809 bits per heavy atom. The molecule has 2 aliphatic carbocycles. The number of hydrogen-bond donors (Lipinski definition) is 0. The van der Waals surface area contributed by atoms with Gasteiger partial charge in [0.25, 0.3) is 0 Å². The highest BCUT2D eigenvalue weighted by Crippen LogP contribution is 2.58. The van der Waals surface area contributed by atoms with Gasteiger partial charge in [0.15, 0.2) is 0 Å². The molecule has 0 radical (unpaired) electrons. The van der Waals surface area contributed by atoms with E-state index in [4.69, 9.17) is 0 Å². The molecule has 6 rings (SSSR count). The maximum atomic E-state index is 3.87. The normalized spacial score (nSPS) is 21.8. The van der Waals surface area contributed by atoms with Crippen LogP contribution < -0.4 is 0 Å². The second-order valence-corrected chi connectivity index (χ2v) is 16.7. The number of rotatable bonds is 13. The summed E-state index contributed by atoms with van der Waals surface area (Å²) in [6.45, 7) is 19.3. The highest BCUT2D eigenvalue weighted by Gasteiger charge is 2.46. The predicted octanol–water partition coefficient (Wildman–Crippen LogP) is 14.4. The van der Waals surface area contributed by atoms with E-state index in [0.29, 0.717) is 23.7 Å². The number of hydrogen-bond acceptors (Lipinski definition) is 0. The summed E-state index contributed by atoms with van der Waals surface area (Å²) in [5, 5.41) is 0. The molecule has 0 spiro atoms. The summed E-state index contributed by atoms with van der Waals surface area (Å²) in [6, 6.07) is 31.4. The Morgan fingerprint density at radius 1 is 0.447 bits per heavy atom. The van der Waals surface area contributed by atoms with Gasteiger partial charge in [-0.25, -0.2) is 0 Å². The van der Waals surface area contributed by atoms with E-state index in [9.17, 15) is 0 Å². The first-order valence-corrected chi connectivity index (χ1v) is 19.6. The Morgan fingerprint density at radius 3 is 1.26 bits per heavy atom. The van der Waals surface area contributed by atoms with Gasteiger partial charge in [-0.2, -0.15) is 0 Å². The van der Waals surface area contributed by atoms with Crippen LogP contribution in [-0.4, -0.2) is 0 Å². The van der Waals surface area contributed by atoms with Gasteiger partial charge in [-0.1, -0.05) is 152 Å². The maximum Gasteiger partial charge on any atom is 0.0220 e. The Bertz CT molecular complexity index is 1700. The summed E-state index contributed by atoms with van der Waals surface area (Å²) in [5.74, 6) is 2.64. The van der Waals surface area contributed by atoms with Gasteiger partial charge in [-0.3, -0.25) is 0 Å². The van der Waals surface area contributed by atoms with Gasteiger partial charge in [-0.15, -0.1) is 0 Å². The minimum absolute atomic E-state index is 0.0269. The number of benzene rings is 4. The zero-order valence-electron chi connectivity index (χ0n) is 30.3. The average Bonchev–Trinajstić information content (AvgIpc) is 3.49. The molecule has 4 aromatic carbocycles. The van der Waals surface area contributed by atoms with Gasteiger partial charge in [0.1, 0.15) is 0 Å². The lowest BCUT2D eigenvalue weighted by Gasteiger charge is -2.37. The van der Waals surface area contributed by atoms with E-state index >= 15 is 0 Å². The van der Waals surface area contributed by atoms with Crippen LogP contribution >= 0.6 is 15.9 Å². The van der Waals surface area contributed by atoms with E-state index in [2.05, 4.69) is 150 Å². The van der Waals surface area contributed by atoms with Crippen molar-refractivity contribution in [3.8, 4) is 33.4 Å². The minimum atomic E-state index is 0.0269. The Labute approximate surface area is 294 Å². The molecule has 2 aliphatic rings. The first-order chi connectivity index (χ1) is 22.6. The zero-order valence-corrected chi connectivity index (χ0v) is 31.9. The summed E-state index contributed by atoms with van der Waals surface area (Å²) in [7, 11) is 0. The van der Waals surface area contributed by atoms with Crippen LogP contribution in [0.5, 0.6) is 0 Å². The number of halogens is 1. The fraction of sp³-hybridized carbons (Fsp3) is 0.478. The molecule has 0 saturated carbocycles. The fourth-order valence-corrected chi connectivity index (χ4v) is 9.65. The van der Waals surface area contributed by atoms with Crippen LogP contribution in [0.15, 0.2) is 83.3 Å². The molecular weight excluding hydrogens is 632 g/mol. The van der Waals surface area contributed by atoms with Crippen molar-refractivity contribution in [3.63, 3.8) is 0 Å². The topological polar surface area (TPSA) is 0 Å². The second-order valence-electron chi connectivity index (χ2n) is 15.8. The molecule has 4 unspecified atom stereocenters. The monoisotopic (exact) mass is 688 g/mol. The van der Waals surface area contributed by atoms with Gasteiger partial charge in [0.2, 0.25) is 0 Å². The zero-order chi connectivity index (χ0) is 33.5. The average molecular weight is 690 g/mol. The van der Waals surface area contributed by atoms with Crippen LogP contribution in [0.25, 0.3) is 33.4 Å². The highest BCUT2D eigenvalue weighted by molar-refractivity contribution is 9.10. The molecule has 0 N–H and O–H groups in total. The van der Waals surface area contributed by atoms with Crippen molar-refractivity contribution in [1.82, 2.24) is 0 Å². The second kappa shape index (κ2) is 13.7. The molecule has 0 amide bonds. The minimum Gasteiger partial charge on any atom is -0.0651 e. The van der Waals surface area contributed by atoms with Gasteiger partial charge in [0, 0.05) is 15.3 Å². The lowest BCUT2D eigenvalue weighted by atomic mass is 9.66. The van der Waals surface area contributed by atoms with Crippen molar-refractivity contribution >= 4 is 15.9 Å². The van der Waals surface area contributed by atoms with E-state index in [1.165, 1.54) is 94.8 Å². The van der Waals surface area contributed by atoms with E-state index in [1.54, 1.807) is 16.7 Å². The highest BCUT2D eigenvalue weighted by atomic mass is 79.9. The molecule has 47 heavy (non-hydrogen) atoms. The standard InChI is InChI=1S/C46H57Br/c1-9-30(5)26-45(27-31(6)10-2)41-16-14-13-15-37(41)38-20-17-34(23-42(38)45)35-18-21-39-40-22-19-36(47)25-44(40)46(43(39)24-35,28-32(7)11-3)29-33(8)12-4/h13-25,30-33H,9-12,26-29H2,1-8H3. The summed E-state index contributed by atoms with van der Waals surface area (Å²) in [4.78, 5) is 0. The van der Waals surface area contributed by atoms with Crippen LogP contribution in [0.4, 0.5) is 0 Å². The third kappa shape index (κ3) is 5.98. The van der Waals surface area contributed by atoms with Gasteiger partial charge >= 0.3 is 0 Å². The first-order valence-electron chi connectivity index (χ1n) is 18.8. The van der Waals surface area contributed by atoms with E-state index in [1.807, 2.05) is 0 Å². The summed E-state index contributed by atoms with van der Waals surface area (Å²) >= 11 is 3.87. The van der Waals surface area contributed by atoms with Gasteiger partial charge in [0.05, 0.1) is 0 Å². The Balaban J connectivity index is 1.55. The summed E-state index contributed by atoms with van der Waals surface area (Å²) < 4.78 is 1.19. The maximum absolute atomic E-state index is 3.87. The van der Waals surface area contributed by atoms with Gasteiger partial charge < -0.3 is 0 Å². The third-order valence-corrected chi connectivity index (χ3v) is 13.0.